The van der Waals surface area contributed by atoms with Gasteiger partial charge in [0.25, 0.3) is 11.5 Å². The summed E-state index contributed by atoms with van der Waals surface area (Å²) in [4.78, 5) is 35.9. The SMILES string of the molecule is CCn1c(NC(=O)c2cnc(N)nc2)cc2c(OC)c(OCCN3CCOCC3)ccc2c1=O. The number of nitrogens with zero attached hydrogens (tertiary/aromatic N) is 4. The van der Waals surface area contributed by atoms with Crippen molar-refractivity contribution in [2.45, 2.75) is 13.5 Å². The van der Waals surface area contributed by atoms with Crippen molar-refractivity contribution in [1.29, 1.82) is 0 Å². The first-order valence-corrected chi connectivity index (χ1v) is 11.1. The van der Waals surface area contributed by atoms with Gasteiger partial charge in [0, 0.05) is 44.0 Å². The molecule has 11 heteroatoms. The van der Waals surface area contributed by atoms with Gasteiger partial charge in [-0.3, -0.25) is 19.1 Å². The number of nitrogens with one attached hydrogen (secondary N) is 1. The van der Waals surface area contributed by atoms with E-state index in [1.54, 1.807) is 18.2 Å². The largest absolute Gasteiger partial charge is 0.492 e. The van der Waals surface area contributed by atoms with Crippen molar-refractivity contribution in [1.82, 2.24) is 19.4 Å². The fraction of sp³-hybridized carbons (Fsp3) is 0.391. The third kappa shape index (κ3) is 4.95. The number of aromatic nitrogens is 3. The maximum Gasteiger partial charge on any atom is 0.260 e. The lowest BCUT2D eigenvalue weighted by molar-refractivity contribution is 0.0321. The van der Waals surface area contributed by atoms with Gasteiger partial charge in [-0.1, -0.05) is 0 Å². The van der Waals surface area contributed by atoms with Crippen molar-refractivity contribution in [3.8, 4) is 11.5 Å². The monoisotopic (exact) mass is 468 g/mol. The molecule has 0 aliphatic carbocycles. The summed E-state index contributed by atoms with van der Waals surface area (Å²) in [5.41, 5.74) is 5.47. The van der Waals surface area contributed by atoms with Gasteiger partial charge in [-0.05, 0) is 25.1 Å². The number of methoxy groups -OCH3 is 1. The van der Waals surface area contributed by atoms with Crippen LogP contribution in [0.4, 0.5) is 11.8 Å². The van der Waals surface area contributed by atoms with E-state index in [1.807, 2.05) is 6.92 Å². The number of hydrogen-bond donors (Lipinski definition) is 2. The Morgan fingerprint density at radius 2 is 1.94 bits per heavy atom. The number of nitrogen functional groups attached to an aromatic ring is 1. The number of rotatable bonds is 8. The lowest BCUT2D eigenvalue weighted by Gasteiger charge is -2.26. The molecule has 2 aromatic heterocycles. The zero-order valence-corrected chi connectivity index (χ0v) is 19.2. The molecule has 1 aliphatic rings. The van der Waals surface area contributed by atoms with Crippen molar-refractivity contribution >= 4 is 28.4 Å². The average Bonchev–Trinajstić information content (AvgIpc) is 2.85. The summed E-state index contributed by atoms with van der Waals surface area (Å²) in [5.74, 6) is 0.897. The molecule has 1 aromatic carbocycles. The van der Waals surface area contributed by atoms with Crippen LogP contribution < -0.4 is 26.1 Å². The summed E-state index contributed by atoms with van der Waals surface area (Å²) in [6.07, 6.45) is 2.65. The average molecular weight is 469 g/mol. The molecule has 3 aromatic rings. The molecule has 1 saturated heterocycles. The zero-order chi connectivity index (χ0) is 24.1. The molecule has 0 atom stereocenters. The number of hydrogen-bond acceptors (Lipinski definition) is 9. The minimum Gasteiger partial charge on any atom is -0.492 e. The van der Waals surface area contributed by atoms with Gasteiger partial charge >= 0.3 is 0 Å². The fourth-order valence-electron chi connectivity index (χ4n) is 3.87. The molecule has 1 fully saturated rings. The predicted molar refractivity (Wildman–Crippen MR) is 128 cm³/mol. The second-order valence-electron chi connectivity index (χ2n) is 7.72. The Labute approximate surface area is 196 Å². The van der Waals surface area contributed by atoms with Crippen LogP contribution in [0.5, 0.6) is 11.5 Å². The molecule has 0 bridgehead atoms. The minimum absolute atomic E-state index is 0.0682. The summed E-state index contributed by atoms with van der Waals surface area (Å²) >= 11 is 0. The number of carbonyl (C=O) groups is 1. The van der Waals surface area contributed by atoms with Crippen LogP contribution in [0.2, 0.25) is 0 Å². The van der Waals surface area contributed by atoms with Crippen LogP contribution >= 0.6 is 0 Å². The smallest absolute Gasteiger partial charge is 0.260 e. The zero-order valence-electron chi connectivity index (χ0n) is 19.2. The van der Waals surface area contributed by atoms with Crippen molar-refractivity contribution < 1.29 is 19.0 Å². The Morgan fingerprint density at radius 3 is 2.62 bits per heavy atom. The highest BCUT2D eigenvalue weighted by Gasteiger charge is 2.18. The highest BCUT2D eigenvalue weighted by molar-refractivity contribution is 6.04. The van der Waals surface area contributed by atoms with E-state index in [4.69, 9.17) is 19.9 Å². The van der Waals surface area contributed by atoms with Crippen LogP contribution in [-0.4, -0.2) is 71.9 Å². The van der Waals surface area contributed by atoms with E-state index in [9.17, 15) is 9.59 Å². The number of amides is 1. The fourth-order valence-corrected chi connectivity index (χ4v) is 3.87. The van der Waals surface area contributed by atoms with Gasteiger partial charge in [0.2, 0.25) is 5.95 Å². The summed E-state index contributed by atoms with van der Waals surface area (Å²) in [5, 5.41) is 3.79. The molecule has 1 amide bonds. The van der Waals surface area contributed by atoms with Crippen LogP contribution in [0.1, 0.15) is 17.3 Å². The van der Waals surface area contributed by atoms with Gasteiger partial charge in [0.15, 0.2) is 11.5 Å². The first kappa shape index (κ1) is 23.5. The lowest BCUT2D eigenvalue weighted by Crippen LogP contribution is -2.38. The minimum atomic E-state index is -0.460. The summed E-state index contributed by atoms with van der Waals surface area (Å²) in [7, 11) is 1.53. The summed E-state index contributed by atoms with van der Waals surface area (Å²) in [6, 6.07) is 5.17. The molecule has 0 spiro atoms. The molecule has 0 unspecified atom stereocenters. The second kappa shape index (κ2) is 10.5. The Kier molecular flexibility index (Phi) is 7.24. The Morgan fingerprint density at radius 1 is 1.21 bits per heavy atom. The summed E-state index contributed by atoms with van der Waals surface area (Å²) in [6.45, 7) is 6.60. The number of fused-ring (bicyclic) bond motifs is 1. The normalized spacial score (nSPS) is 14.2. The van der Waals surface area contributed by atoms with Gasteiger partial charge in [0.05, 0.1) is 31.3 Å². The van der Waals surface area contributed by atoms with E-state index in [0.29, 0.717) is 41.2 Å². The van der Waals surface area contributed by atoms with E-state index in [1.165, 1.54) is 24.1 Å². The lowest BCUT2D eigenvalue weighted by atomic mass is 10.1. The van der Waals surface area contributed by atoms with Crippen LogP contribution in [0.15, 0.2) is 35.4 Å². The third-order valence-corrected chi connectivity index (χ3v) is 5.67. The second-order valence-corrected chi connectivity index (χ2v) is 7.72. The first-order chi connectivity index (χ1) is 16.5. The topological polar surface area (TPSA) is 134 Å². The maximum absolute atomic E-state index is 13.2. The number of pyridine rings is 1. The van der Waals surface area contributed by atoms with Gasteiger partial charge in [-0.2, -0.15) is 0 Å². The quantitative estimate of drug-likeness (QED) is 0.503. The van der Waals surface area contributed by atoms with Crippen LogP contribution in [0.3, 0.4) is 0 Å². The molecular weight excluding hydrogens is 440 g/mol. The van der Waals surface area contributed by atoms with E-state index < -0.39 is 5.91 Å². The molecular formula is C23H28N6O5. The van der Waals surface area contributed by atoms with Crippen LogP contribution in [0, 0.1) is 0 Å². The van der Waals surface area contributed by atoms with E-state index in [-0.39, 0.29) is 17.1 Å². The van der Waals surface area contributed by atoms with Gasteiger partial charge in [-0.15, -0.1) is 0 Å². The molecule has 11 nitrogen and oxygen atoms in total. The van der Waals surface area contributed by atoms with Crippen molar-refractivity contribution in [3.05, 3.63) is 46.5 Å². The Bertz CT molecular complexity index is 1220. The van der Waals surface area contributed by atoms with Crippen molar-refractivity contribution in [3.63, 3.8) is 0 Å². The molecule has 4 rings (SSSR count). The molecule has 0 radical (unpaired) electrons. The predicted octanol–water partition coefficient (Wildman–Crippen LogP) is 1.37. The van der Waals surface area contributed by atoms with Gasteiger partial charge < -0.3 is 25.3 Å². The summed E-state index contributed by atoms with van der Waals surface area (Å²) < 4.78 is 18.5. The molecule has 34 heavy (non-hydrogen) atoms. The van der Waals surface area contributed by atoms with E-state index in [0.717, 1.165) is 32.8 Å². The number of ether oxygens (including phenoxy) is 3. The molecule has 3 heterocycles. The number of anilines is 2. The van der Waals surface area contributed by atoms with Crippen molar-refractivity contribution in [2.24, 2.45) is 0 Å². The molecule has 1 aliphatic heterocycles. The molecule has 3 N–H and O–H groups in total. The number of benzene rings is 1. The molecule has 180 valence electrons. The highest BCUT2D eigenvalue weighted by Crippen LogP contribution is 2.35. The first-order valence-electron chi connectivity index (χ1n) is 11.1. The Hall–Kier alpha value is -3.70. The van der Waals surface area contributed by atoms with E-state index in [2.05, 4.69) is 20.2 Å². The van der Waals surface area contributed by atoms with Gasteiger partial charge in [-0.25, -0.2) is 9.97 Å². The van der Waals surface area contributed by atoms with Crippen molar-refractivity contribution in [2.75, 3.05) is 57.6 Å². The number of nitrogens with two attached hydrogens (primary N) is 1. The van der Waals surface area contributed by atoms with E-state index >= 15 is 0 Å². The van der Waals surface area contributed by atoms with Gasteiger partial charge in [0.1, 0.15) is 12.4 Å². The number of morpholine rings is 1. The van der Waals surface area contributed by atoms with Crippen LogP contribution in [0.25, 0.3) is 10.8 Å². The van der Waals surface area contributed by atoms with Crippen LogP contribution in [-0.2, 0) is 11.3 Å². The maximum atomic E-state index is 13.2. The molecule has 0 saturated carbocycles. The third-order valence-electron chi connectivity index (χ3n) is 5.67. The standard InChI is InChI=1S/C23H28N6O5/c1-3-29-19(27-21(30)15-13-25-23(24)26-14-15)12-17-16(22(29)31)4-5-18(20(17)32-2)34-11-8-28-6-9-33-10-7-28/h4-5,12-14H,3,6-11H2,1-2H3,(H,27,30)(H2,24,25,26). The highest BCUT2D eigenvalue weighted by atomic mass is 16.5. The Balaban J connectivity index is 1.64. The number of carbonyl (C=O) groups excluding carboxylic acids is 1.